The first-order valence-corrected chi connectivity index (χ1v) is 7.86. The van der Waals surface area contributed by atoms with Crippen LogP contribution in [0.15, 0.2) is 47.3 Å². The second-order valence-electron chi connectivity index (χ2n) is 5.98. The Morgan fingerprint density at radius 3 is 2.60 bits per heavy atom. The third kappa shape index (κ3) is 2.98. The standard InChI is InChI=1S/C19H18N2O4/c1-11(2)21-16-10-13(18(22)23)7-8-15(16)17(20-19(21)24)12-5-4-6-14(9-12)25-3/h4-11H,1-3H3,(H,22,23). The van der Waals surface area contributed by atoms with Gasteiger partial charge in [-0.2, -0.15) is 4.98 Å². The number of methoxy groups -OCH3 is 1. The molecule has 3 rings (SSSR count). The number of carboxylic acid groups (broad SMARTS) is 1. The van der Waals surface area contributed by atoms with Crippen molar-refractivity contribution in [2.75, 3.05) is 7.11 Å². The van der Waals surface area contributed by atoms with Crippen LogP contribution < -0.4 is 10.4 Å². The van der Waals surface area contributed by atoms with E-state index in [0.29, 0.717) is 22.3 Å². The summed E-state index contributed by atoms with van der Waals surface area (Å²) in [5.41, 5.74) is 1.51. The van der Waals surface area contributed by atoms with Gasteiger partial charge in [0.05, 0.1) is 23.9 Å². The van der Waals surface area contributed by atoms with Crippen LogP contribution in [0.2, 0.25) is 0 Å². The van der Waals surface area contributed by atoms with E-state index >= 15 is 0 Å². The van der Waals surface area contributed by atoms with E-state index in [9.17, 15) is 14.7 Å². The molecule has 0 radical (unpaired) electrons. The van der Waals surface area contributed by atoms with Crippen molar-refractivity contribution in [2.45, 2.75) is 19.9 Å². The van der Waals surface area contributed by atoms with E-state index in [1.54, 1.807) is 19.2 Å². The largest absolute Gasteiger partial charge is 0.497 e. The summed E-state index contributed by atoms with van der Waals surface area (Å²) >= 11 is 0. The van der Waals surface area contributed by atoms with E-state index < -0.39 is 11.7 Å². The number of fused-ring (bicyclic) bond motifs is 1. The van der Waals surface area contributed by atoms with Crippen molar-refractivity contribution in [1.82, 2.24) is 9.55 Å². The number of hydrogen-bond donors (Lipinski definition) is 1. The van der Waals surface area contributed by atoms with E-state index in [4.69, 9.17) is 4.74 Å². The highest BCUT2D eigenvalue weighted by Crippen LogP contribution is 2.29. The smallest absolute Gasteiger partial charge is 0.348 e. The Morgan fingerprint density at radius 1 is 1.20 bits per heavy atom. The normalized spacial score (nSPS) is 11.0. The summed E-state index contributed by atoms with van der Waals surface area (Å²) in [5, 5.41) is 9.99. The quantitative estimate of drug-likeness (QED) is 0.789. The Hall–Kier alpha value is -3.15. The zero-order chi connectivity index (χ0) is 18.1. The lowest BCUT2D eigenvalue weighted by atomic mass is 10.0. The molecule has 0 saturated heterocycles. The molecular formula is C19H18N2O4. The lowest BCUT2D eigenvalue weighted by Gasteiger charge is -2.16. The molecule has 6 nitrogen and oxygen atoms in total. The van der Waals surface area contributed by atoms with Crippen molar-refractivity contribution in [3.63, 3.8) is 0 Å². The number of aromatic nitrogens is 2. The second kappa shape index (κ2) is 6.39. The van der Waals surface area contributed by atoms with Crippen LogP contribution in [0.25, 0.3) is 22.2 Å². The summed E-state index contributed by atoms with van der Waals surface area (Å²) in [6.07, 6.45) is 0. The number of carboxylic acids is 1. The Kier molecular flexibility index (Phi) is 4.27. The maximum Gasteiger partial charge on any atom is 0.348 e. The van der Waals surface area contributed by atoms with Gasteiger partial charge in [0.1, 0.15) is 5.75 Å². The van der Waals surface area contributed by atoms with Gasteiger partial charge in [0.25, 0.3) is 0 Å². The summed E-state index contributed by atoms with van der Waals surface area (Å²) in [4.78, 5) is 28.2. The van der Waals surface area contributed by atoms with Crippen LogP contribution >= 0.6 is 0 Å². The fourth-order valence-electron chi connectivity index (χ4n) is 2.87. The third-order valence-corrected chi connectivity index (χ3v) is 4.03. The van der Waals surface area contributed by atoms with Crippen LogP contribution in [0, 0.1) is 0 Å². The van der Waals surface area contributed by atoms with E-state index in [1.165, 1.54) is 16.7 Å². The van der Waals surface area contributed by atoms with Crippen molar-refractivity contribution in [1.29, 1.82) is 0 Å². The number of benzene rings is 2. The molecule has 0 aliphatic rings. The van der Waals surface area contributed by atoms with Gasteiger partial charge in [0.15, 0.2) is 0 Å². The molecule has 0 aliphatic heterocycles. The van der Waals surface area contributed by atoms with E-state index in [1.807, 2.05) is 32.0 Å². The molecule has 25 heavy (non-hydrogen) atoms. The first-order chi connectivity index (χ1) is 11.9. The number of aromatic carboxylic acids is 1. The van der Waals surface area contributed by atoms with Crippen molar-refractivity contribution >= 4 is 16.9 Å². The maximum atomic E-state index is 12.6. The minimum atomic E-state index is -1.04. The van der Waals surface area contributed by atoms with Gasteiger partial charge >= 0.3 is 11.7 Å². The molecule has 0 atom stereocenters. The molecule has 0 saturated carbocycles. The highest BCUT2D eigenvalue weighted by atomic mass is 16.5. The third-order valence-electron chi connectivity index (χ3n) is 4.03. The predicted molar refractivity (Wildman–Crippen MR) is 95.3 cm³/mol. The van der Waals surface area contributed by atoms with Gasteiger partial charge in [-0.1, -0.05) is 12.1 Å². The van der Waals surface area contributed by atoms with Crippen molar-refractivity contribution in [2.24, 2.45) is 0 Å². The Morgan fingerprint density at radius 2 is 1.96 bits per heavy atom. The molecule has 0 fully saturated rings. The molecule has 1 heterocycles. The first-order valence-electron chi connectivity index (χ1n) is 7.86. The zero-order valence-corrected chi connectivity index (χ0v) is 14.2. The monoisotopic (exact) mass is 338 g/mol. The van der Waals surface area contributed by atoms with Crippen LogP contribution in [0.5, 0.6) is 5.75 Å². The topological polar surface area (TPSA) is 81.4 Å². The van der Waals surface area contributed by atoms with Gasteiger partial charge in [-0.3, -0.25) is 4.57 Å². The number of rotatable bonds is 4. The highest BCUT2D eigenvalue weighted by molar-refractivity contribution is 5.98. The molecule has 0 spiro atoms. The fraction of sp³-hybridized carbons (Fsp3) is 0.211. The molecule has 0 unspecified atom stereocenters. The highest BCUT2D eigenvalue weighted by Gasteiger charge is 2.16. The number of hydrogen-bond acceptors (Lipinski definition) is 4. The fourth-order valence-corrected chi connectivity index (χ4v) is 2.87. The molecule has 0 bridgehead atoms. The van der Waals surface area contributed by atoms with Crippen LogP contribution in [0.4, 0.5) is 0 Å². The van der Waals surface area contributed by atoms with Crippen LogP contribution in [0.3, 0.4) is 0 Å². The van der Waals surface area contributed by atoms with Crippen LogP contribution in [0.1, 0.15) is 30.2 Å². The molecule has 0 amide bonds. The van der Waals surface area contributed by atoms with Crippen LogP contribution in [-0.2, 0) is 0 Å². The van der Waals surface area contributed by atoms with Crippen LogP contribution in [-0.4, -0.2) is 27.7 Å². The maximum absolute atomic E-state index is 12.6. The first kappa shape index (κ1) is 16.7. The summed E-state index contributed by atoms with van der Waals surface area (Å²) in [5.74, 6) is -0.382. The molecule has 1 N–H and O–H groups in total. The summed E-state index contributed by atoms with van der Waals surface area (Å²) in [6.45, 7) is 3.72. The van der Waals surface area contributed by atoms with E-state index in [-0.39, 0.29) is 11.6 Å². The van der Waals surface area contributed by atoms with Gasteiger partial charge < -0.3 is 9.84 Å². The lowest BCUT2D eigenvalue weighted by Crippen LogP contribution is -2.25. The summed E-state index contributed by atoms with van der Waals surface area (Å²) < 4.78 is 6.75. The van der Waals surface area contributed by atoms with Gasteiger partial charge in [-0.05, 0) is 44.2 Å². The van der Waals surface area contributed by atoms with Gasteiger partial charge in [-0.15, -0.1) is 0 Å². The average Bonchev–Trinajstić information content (AvgIpc) is 2.60. The number of ether oxygens (including phenoxy) is 1. The SMILES string of the molecule is COc1cccc(-c2nc(=O)n(C(C)C)c3cc(C(=O)O)ccc23)c1. The van der Waals surface area contributed by atoms with E-state index in [2.05, 4.69) is 4.98 Å². The lowest BCUT2D eigenvalue weighted by molar-refractivity contribution is 0.0697. The van der Waals surface area contributed by atoms with Gasteiger partial charge in [-0.25, -0.2) is 9.59 Å². The van der Waals surface area contributed by atoms with E-state index in [0.717, 1.165) is 5.56 Å². The number of carbonyl (C=O) groups is 1. The summed E-state index contributed by atoms with van der Waals surface area (Å²) in [6, 6.07) is 11.9. The minimum absolute atomic E-state index is 0.129. The predicted octanol–water partition coefficient (Wildman–Crippen LogP) is 3.35. The van der Waals surface area contributed by atoms with Crippen molar-refractivity contribution in [3.05, 3.63) is 58.5 Å². The zero-order valence-electron chi connectivity index (χ0n) is 14.2. The second-order valence-corrected chi connectivity index (χ2v) is 5.98. The Bertz CT molecular complexity index is 1020. The average molecular weight is 338 g/mol. The molecule has 6 heteroatoms. The molecule has 1 aromatic heterocycles. The van der Waals surface area contributed by atoms with Gasteiger partial charge in [0.2, 0.25) is 0 Å². The van der Waals surface area contributed by atoms with Gasteiger partial charge in [0, 0.05) is 17.0 Å². The Labute approximate surface area is 144 Å². The molecule has 3 aromatic rings. The molecule has 128 valence electrons. The molecule has 0 aliphatic carbocycles. The molecular weight excluding hydrogens is 320 g/mol. The van der Waals surface area contributed by atoms with Crippen molar-refractivity contribution in [3.8, 4) is 17.0 Å². The minimum Gasteiger partial charge on any atom is -0.497 e. The van der Waals surface area contributed by atoms with Crippen molar-refractivity contribution < 1.29 is 14.6 Å². The number of nitrogens with zero attached hydrogens (tertiary/aromatic N) is 2. The summed E-state index contributed by atoms with van der Waals surface area (Å²) in [7, 11) is 1.57. The molecule has 2 aromatic carbocycles. The Balaban J connectivity index is 2.39.